The molecule has 7 nitrogen and oxygen atoms in total. The third-order valence-electron chi connectivity index (χ3n) is 7.23. The van der Waals surface area contributed by atoms with E-state index in [0.29, 0.717) is 31.1 Å². The highest BCUT2D eigenvalue weighted by Crippen LogP contribution is 2.49. The molecular formula is C25H30N4O3. The lowest BCUT2D eigenvalue weighted by Gasteiger charge is -2.38. The normalized spacial score (nSPS) is 26.9. The van der Waals surface area contributed by atoms with Crippen molar-refractivity contribution >= 4 is 12.0 Å². The second-order valence-corrected chi connectivity index (χ2v) is 9.23. The summed E-state index contributed by atoms with van der Waals surface area (Å²) in [7, 11) is 0. The number of aliphatic hydroxyl groups excluding tert-OH is 1. The molecule has 2 bridgehead atoms. The van der Waals surface area contributed by atoms with Gasteiger partial charge in [-0.1, -0.05) is 12.2 Å². The number of rotatable bonds is 7. The van der Waals surface area contributed by atoms with Crippen LogP contribution in [-0.2, 0) is 17.9 Å². The Morgan fingerprint density at radius 3 is 2.72 bits per heavy atom. The van der Waals surface area contributed by atoms with Gasteiger partial charge in [-0.25, -0.2) is 0 Å². The van der Waals surface area contributed by atoms with Crippen molar-refractivity contribution in [1.29, 1.82) is 0 Å². The molecule has 3 aliphatic rings. The molecule has 2 N–H and O–H groups in total. The van der Waals surface area contributed by atoms with E-state index in [-0.39, 0.29) is 36.1 Å². The van der Waals surface area contributed by atoms with E-state index < -0.39 is 5.92 Å². The Morgan fingerprint density at radius 1 is 1.25 bits per heavy atom. The summed E-state index contributed by atoms with van der Waals surface area (Å²) in [6.45, 7) is 3.62. The molecule has 0 aromatic carbocycles. The molecule has 0 unspecified atom stereocenters. The minimum Gasteiger partial charge on any atom is -0.396 e. The second kappa shape index (κ2) is 8.64. The number of carbonyl (C=O) groups is 1. The zero-order valence-electron chi connectivity index (χ0n) is 18.4. The molecule has 1 aliphatic carbocycles. The molecule has 7 heteroatoms. The predicted molar refractivity (Wildman–Crippen MR) is 122 cm³/mol. The second-order valence-electron chi connectivity index (χ2n) is 9.23. The van der Waals surface area contributed by atoms with E-state index in [0.717, 1.165) is 11.3 Å². The Balaban J connectivity index is 1.56. The summed E-state index contributed by atoms with van der Waals surface area (Å²) in [4.78, 5) is 33.0. The van der Waals surface area contributed by atoms with Gasteiger partial charge in [-0.3, -0.25) is 19.5 Å². The summed E-state index contributed by atoms with van der Waals surface area (Å²) >= 11 is 0. The fourth-order valence-corrected chi connectivity index (χ4v) is 5.45. The van der Waals surface area contributed by atoms with Crippen LogP contribution in [-0.4, -0.2) is 44.7 Å². The number of pyridine rings is 2. The van der Waals surface area contributed by atoms with Gasteiger partial charge in [0.25, 0.3) is 5.56 Å². The summed E-state index contributed by atoms with van der Waals surface area (Å²) < 4.78 is 1.82. The highest BCUT2D eigenvalue weighted by Gasteiger charge is 2.55. The van der Waals surface area contributed by atoms with Crippen LogP contribution in [0.3, 0.4) is 0 Å². The van der Waals surface area contributed by atoms with Crippen LogP contribution in [0.1, 0.15) is 42.6 Å². The van der Waals surface area contributed by atoms with Crippen LogP contribution in [0.25, 0.3) is 6.08 Å². The van der Waals surface area contributed by atoms with E-state index in [9.17, 15) is 14.7 Å². The van der Waals surface area contributed by atoms with E-state index in [1.165, 1.54) is 12.8 Å². The van der Waals surface area contributed by atoms with Crippen LogP contribution < -0.4 is 10.9 Å². The number of hydrogen-bond acceptors (Lipinski definition) is 5. The van der Waals surface area contributed by atoms with Gasteiger partial charge in [0, 0.05) is 61.9 Å². The monoisotopic (exact) mass is 434 g/mol. The van der Waals surface area contributed by atoms with Crippen molar-refractivity contribution in [3.63, 3.8) is 0 Å². The fourth-order valence-electron chi connectivity index (χ4n) is 5.45. The van der Waals surface area contributed by atoms with Crippen molar-refractivity contribution in [2.45, 2.75) is 44.9 Å². The van der Waals surface area contributed by atoms with Gasteiger partial charge in [-0.15, -0.1) is 0 Å². The summed E-state index contributed by atoms with van der Waals surface area (Å²) in [5.41, 5.74) is 2.58. The van der Waals surface area contributed by atoms with Crippen molar-refractivity contribution in [2.24, 2.45) is 17.8 Å². The number of nitrogens with zero attached hydrogens (tertiary/aromatic N) is 3. The summed E-state index contributed by atoms with van der Waals surface area (Å²) in [5.74, 6) is -0.0584. The first kappa shape index (κ1) is 21.1. The average molecular weight is 435 g/mol. The third-order valence-corrected chi connectivity index (χ3v) is 7.23. The zero-order valence-corrected chi connectivity index (χ0v) is 18.4. The maximum Gasteiger partial charge on any atom is 0.258 e. The molecule has 0 radical (unpaired) electrons. The van der Waals surface area contributed by atoms with Crippen molar-refractivity contribution in [3.8, 4) is 0 Å². The predicted octanol–water partition coefficient (Wildman–Crippen LogP) is 1.97. The molecule has 168 valence electrons. The molecule has 2 aromatic rings. The molecule has 0 spiro atoms. The first-order chi connectivity index (χ1) is 15.6. The highest BCUT2D eigenvalue weighted by atomic mass is 16.3. The number of aliphatic hydroxyl groups is 1. The first-order valence-electron chi connectivity index (χ1n) is 11.5. The molecule has 2 fully saturated rings. The van der Waals surface area contributed by atoms with E-state index in [2.05, 4.69) is 15.2 Å². The van der Waals surface area contributed by atoms with Gasteiger partial charge in [0.15, 0.2) is 0 Å². The SMILES string of the molecule is C/C=C/c1ccc2n(c1=O)C[C@H]1[C@H](CO)[C@@H](C(=O)NCC3CC3)[C@@H]2N1Cc1ccncc1. The van der Waals surface area contributed by atoms with Crippen molar-refractivity contribution in [2.75, 3.05) is 13.2 Å². The summed E-state index contributed by atoms with van der Waals surface area (Å²) in [6.07, 6.45) is 9.56. The average Bonchev–Trinajstić information content (AvgIpc) is 3.60. The maximum atomic E-state index is 13.4. The minimum atomic E-state index is -0.397. The lowest BCUT2D eigenvalue weighted by Crippen LogP contribution is -2.46. The van der Waals surface area contributed by atoms with Crippen LogP contribution in [0.5, 0.6) is 0 Å². The van der Waals surface area contributed by atoms with Crippen LogP contribution in [0, 0.1) is 17.8 Å². The van der Waals surface area contributed by atoms with Gasteiger partial charge in [-0.2, -0.15) is 0 Å². The quantitative estimate of drug-likeness (QED) is 0.696. The lowest BCUT2D eigenvalue weighted by atomic mass is 9.86. The van der Waals surface area contributed by atoms with Gasteiger partial charge in [-0.05, 0) is 55.5 Å². The number of fused-ring (bicyclic) bond motifs is 4. The molecular weight excluding hydrogens is 404 g/mol. The molecule has 2 aromatic heterocycles. The Bertz CT molecular complexity index is 1080. The Hall–Kier alpha value is -2.77. The van der Waals surface area contributed by atoms with Crippen molar-refractivity contribution < 1.29 is 9.90 Å². The standard InChI is InChI=1S/C25H30N4O3/c1-2-3-18-6-7-20-23-22(24(31)27-12-16-4-5-16)19(15-30)21(14-29(20)25(18)32)28(23)13-17-8-10-26-11-9-17/h2-3,6-11,16,19,21-23,30H,4-5,12-15H2,1H3,(H,27,31)/b3-2+/t19-,21-,22+,23+/m0/s1. The van der Waals surface area contributed by atoms with Gasteiger partial charge in [0.05, 0.1) is 12.0 Å². The van der Waals surface area contributed by atoms with E-state index in [1.54, 1.807) is 12.4 Å². The number of carbonyl (C=O) groups excluding carboxylic acids is 1. The molecule has 1 saturated carbocycles. The lowest BCUT2D eigenvalue weighted by molar-refractivity contribution is -0.127. The number of nitrogens with one attached hydrogen (secondary N) is 1. The molecule has 2 aliphatic heterocycles. The summed E-state index contributed by atoms with van der Waals surface area (Å²) in [6, 6.07) is 7.44. The van der Waals surface area contributed by atoms with E-state index >= 15 is 0 Å². The molecule has 4 heterocycles. The summed E-state index contributed by atoms with van der Waals surface area (Å²) in [5, 5.41) is 13.5. The number of aromatic nitrogens is 2. The van der Waals surface area contributed by atoms with Crippen LogP contribution in [0.15, 0.2) is 47.5 Å². The Labute approximate surface area is 187 Å². The highest BCUT2D eigenvalue weighted by molar-refractivity contribution is 5.80. The van der Waals surface area contributed by atoms with Crippen LogP contribution in [0.4, 0.5) is 0 Å². The maximum absolute atomic E-state index is 13.4. The topological polar surface area (TPSA) is 87.5 Å². The molecule has 1 amide bonds. The molecule has 5 rings (SSSR count). The van der Waals surface area contributed by atoms with Gasteiger partial charge >= 0.3 is 0 Å². The fraction of sp³-hybridized carbons (Fsp3) is 0.480. The van der Waals surface area contributed by atoms with Gasteiger partial charge in [0.2, 0.25) is 5.91 Å². The molecule has 4 atom stereocenters. The van der Waals surface area contributed by atoms with Gasteiger partial charge in [0.1, 0.15) is 0 Å². The van der Waals surface area contributed by atoms with Crippen molar-refractivity contribution in [1.82, 2.24) is 19.8 Å². The van der Waals surface area contributed by atoms with E-state index in [1.807, 2.05) is 47.9 Å². The largest absolute Gasteiger partial charge is 0.396 e. The van der Waals surface area contributed by atoms with E-state index in [4.69, 9.17) is 0 Å². The first-order valence-corrected chi connectivity index (χ1v) is 11.5. The molecule has 1 saturated heterocycles. The number of hydrogen-bond donors (Lipinski definition) is 2. The number of amides is 1. The van der Waals surface area contributed by atoms with Crippen LogP contribution in [0.2, 0.25) is 0 Å². The van der Waals surface area contributed by atoms with Crippen molar-refractivity contribution in [3.05, 3.63) is 69.9 Å². The zero-order chi connectivity index (χ0) is 22.2. The molecule has 32 heavy (non-hydrogen) atoms. The minimum absolute atomic E-state index is 0.0124. The Kier molecular flexibility index (Phi) is 5.69. The Morgan fingerprint density at radius 2 is 2.03 bits per heavy atom. The van der Waals surface area contributed by atoms with Gasteiger partial charge < -0.3 is 15.0 Å². The smallest absolute Gasteiger partial charge is 0.258 e. The van der Waals surface area contributed by atoms with Crippen LogP contribution >= 0.6 is 0 Å². The third kappa shape index (κ3) is 3.69. The number of allylic oxidation sites excluding steroid dienone is 1.